The van der Waals surface area contributed by atoms with Crippen molar-refractivity contribution < 1.29 is 5.11 Å². The molecule has 1 aliphatic carbocycles. The van der Waals surface area contributed by atoms with Gasteiger partial charge in [0, 0.05) is 12.6 Å². The number of rotatable bonds is 6. The average molecular weight is 272 g/mol. The van der Waals surface area contributed by atoms with E-state index in [1.807, 2.05) is 37.3 Å². The van der Waals surface area contributed by atoms with Gasteiger partial charge in [0.2, 0.25) is 0 Å². The number of nitriles is 1. The Bertz CT molecular complexity index is 470. The summed E-state index contributed by atoms with van der Waals surface area (Å²) in [5.74, 6) is 0. The molecule has 1 aromatic rings. The van der Waals surface area contributed by atoms with Gasteiger partial charge in [0.1, 0.15) is 0 Å². The van der Waals surface area contributed by atoms with Crippen LogP contribution in [-0.2, 0) is 5.41 Å². The van der Waals surface area contributed by atoms with Gasteiger partial charge in [-0.3, -0.25) is 0 Å². The van der Waals surface area contributed by atoms with Crippen molar-refractivity contribution in [2.75, 3.05) is 6.54 Å². The molecule has 0 aromatic heterocycles. The third-order valence-electron chi connectivity index (χ3n) is 4.29. The van der Waals surface area contributed by atoms with Crippen LogP contribution in [0.25, 0.3) is 0 Å². The molecule has 1 unspecified atom stereocenters. The van der Waals surface area contributed by atoms with Gasteiger partial charge < -0.3 is 10.4 Å². The van der Waals surface area contributed by atoms with Crippen molar-refractivity contribution >= 4 is 0 Å². The predicted molar refractivity (Wildman–Crippen MR) is 80.3 cm³/mol. The predicted octanol–water partition coefficient (Wildman–Crippen LogP) is 2.75. The molecule has 3 heteroatoms. The SMILES string of the molecule is CCCC(C)(O)CNC1CC(C#N)(c2ccccc2)C1. The quantitative estimate of drug-likeness (QED) is 0.837. The van der Waals surface area contributed by atoms with Gasteiger partial charge in [-0.1, -0.05) is 43.7 Å². The zero-order valence-electron chi connectivity index (χ0n) is 12.4. The fraction of sp³-hybridized carbons (Fsp3) is 0.588. The van der Waals surface area contributed by atoms with E-state index < -0.39 is 5.60 Å². The molecule has 0 bridgehead atoms. The number of nitrogens with zero attached hydrogens (tertiary/aromatic N) is 1. The molecule has 108 valence electrons. The molecule has 0 heterocycles. The second kappa shape index (κ2) is 5.95. The molecule has 20 heavy (non-hydrogen) atoms. The number of hydrogen-bond donors (Lipinski definition) is 2. The molecule has 2 N–H and O–H groups in total. The van der Waals surface area contributed by atoms with E-state index in [1.165, 1.54) is 0 Å². The molecular formula is C17H24N2O. The monoisotopic (exact) mass is 272 g/mol. The summed E-state index contributed by atoms with van der Waals surface area (Å²) in [7, 11) is 0. The Labute approximate surface area is 121 Å². The molecule has 1 aliphatic rings. The molecule has 0 saturated heterocycles. The van der Waals surface area contributed by atoms with Gasteiger partial charge >= 0.3 is 0 Å². The summed E-state index contributed by atoms with van der Waals surface area (Å²) in [6.07, 6.45) is 3.44. The molecule has 1 atom stereocenters. The summed E-state index contributed by atoms with van der Waals surface area (Å²) >= 11 is 0. The van der Waals surface area contributed by atoms with Crippen molar-refractivity contribution in [2.45, 2.75) is 56.6 Å². The van der Waals surface area contributed by atoms with E-state index >= 15 is 0 Å². The molecule has 0 amide bonds. The second-order valence-corrected chi connectivity index (χ2v) is 6.29. The normalized spacial score (nSPS) is 28.2. The maximum Gasteiger partial charge on any atom is 0.0852 e. The highest BCUT2D eigenvalue weighted by Gasteiger charge is 2.46. The minimum atomic E-state index is -0.646. The minimum absolute atomic E-state index is 0.332. The number of hydrogen-bond acceptors (Lipinski definition) is 3. The first kappa shape index (κ1) is 15.0. The van der Waals surface area contributed by atoms with E-state index in [0.717, 1.165) is 31.2 Å². The van der Waals surface area contributed by atoms with E-state index in [2.05, 4.69) is 18.3 Å². The van der Waals surface area contributed by atoms with Crippen LogP contribution < -0.4 is 5.32 Å². The first-order valence-corrected chi connectivity index (χ1v) is 7.44. The molecule has 1 aromatic carbocycles. The number of aliphatic hydroxyl groups is 1. The van der Waals surface area contributed by atoms with Gasteiger partial charge in [-0.2, -0.15) is 5.26 Å². The summed E-state index contributed by atoms with van der Waals surface area (Å²) in [4.78, 5) is 0. The maximum atomic E-state index is 10.2. The van der Waals surface area contributed by atoms with Crippen molar-refractivity contribution in [3.05, 3.63) is 35.9 Å². The highest BCUT2D eigenvalue weighted by atomic mass is 16.3. The molecule has 0 aliphatic heterocycles. The molecule has 3 nitrogen and oxygen atoms in total. The van der Waals surface area contributed by atoms with Crippen LogP contribution in [0.15, 0.2) is 30.3 Å². The van der Waals surface area contributed by atoms with Gasteiger partial charge in [0.25, 0.3) is 0 Å². The fourth-order valence-corrected chi connectivity index (χ4v) is 3.07. The van der Waals surface area contributed by atoms with Crippen LogP contribution in [-0.4, -0.2) is 23.3 Å². The van der Waals surface area contributed by atoms with E-state index in [-0.39, 0.29) is 5.41 Å². The number of benzene rings is 1. The average Bonchev–Trinajstić information content (AvgIpc) is 2.39. The molecule has 0 radical (unpaired) electrons. The van der Waals surface area contributed by atoms with Crippen molar-refractivity contribution in [1.29, 1.82) is 5.26 Å². The number of nitrogens with one attached hydrogen (secondary N) is 1. The zero-order chi connectivity index (χ0) is 14.6. The third-order valence-corrected chi connectivity index (χ3v) is 4.29. The highest BCUT2D eigenvalue weighted by molar-refractivity contribution is 5.36. The molecular weight excluding hydrogens is 248 g/mol. The van der Waals surface area contributed by atoms with Crippen LogP contribution in [0.5, 0.6) is 0 Å². The smallest absolute Gasteiger partial charge is 0.0852 e. The molecule has 0 spiro atoms. The van der Waals surface area contributed by atoms with Crippen LogP contribution >= 0.6 is 0 Å². The lowest BCUT2D eigenvalue weighted by atomic mass is 9.62. The summed E-state index contributed by atoms with van der Waals surface area (Å²) in [6.45, 7) is 4.55. The fourth-order valence-electron chi connectivity index (χ4n) is 3.07. The lowest BCUT2D eigenvalue weighted by Gasteiger charge is -2.44. The Kier molecular flexibility index (Phi) is 4.47. The highest BCUT2D eigenvalue weighted by Crippen LogP contribution is 2.43. The minimum Gasteiger partial charge on any atom is -0.389 e. The van der Waals surface area contributed by atoms with E-state index in [0.29, 0.717) is 12.6 Å². The van der Waals surface area contributed by atoms with Crippen molar-refractivity contribution in [2.24, 2.45) is 0 Å². The summed E-state index contributed by atoms with van der Waals surface area (Å²) in [5.41, 5.74) is 0.128. The van der Waals surface area contributed by atoms with Crippen molar-refractivity contribution in [3.8, 4) is 6.07 Å². The van der Waals surface area contributed by atoms with Gasteiger partial charge in [-0.05, 0) is 31.7 Å². The van der Waals surface area contributed by atoms with E-state index in [1.54, 1.807) is 0 Å². The summed E-state index contributed by atoms with van der Waals surface area (Å²) in [5, 5.41) is 23.1. The summed E-state index contributed by atoms with van der Waals surface area (Å²) in [6, 6.07) is 12.8. The Morgan fingerprint density at radius 1 is 1.40 bits per heavy atom. The Hall–Kier alpha value is -1.37. The van der Waals surface area contributed by atoms with Gasteiger partial charge in [0.05, 0.1) is 17.1 Å². The largest absolute Gasteiger partial charge is 0.389 e. The van der Waals surface area contributed by atoms with Crippen molar-refractivity contribution in [1.82, 2.24) is 5.32 Å². The third kappa shape index (κ3) is 3.20. The van der Waals surface area contributed by atoms with E-state index in [4.69, 9.17) is 0 Å². The van der Waals surface area contributed by atoms with Crippen LogP contribution in [0.3, 0.4) is 0 Å². The lowest BCUT2D eigenvalue weighted by molar-refractivity contribution is 0.0405. The lowest BCUT2D eigenvalue weighted by Crippen LogP contribution is -2.54. The first-order chi connectivity index (χ1) is 9.51. The second-order valence-electron chi connectivity index (χ2n) is 6.29. The van der Waals surface area contributed by atoms with E-state index in [9.17, 15) is 10.4 Å². The first-order valence-electron chi connectivity index (χ1n) is 7.44. The Morgan fingerprint density at radius 3 is 2.60 bits per heavy atom. The van der Waals surface area contributed by atoms with Crippen LogP contribution in [0, 0.1) is 11.3 Å². The molecule has 1 saturated carbocycles. The maximum absolute atomic E-state index is 10.2. The summed E-state index contributed by atoms with van der Waals surface area (Å²) < 4.78 is 0. The molecule has 1 fully saturated rings. The zero-order valence-corrected chi connectivity index (χ0v) is 12.4. The standard InChI is InChI=1S/C17H24N2O/c1-3-9-16(2,20)13-19-15-10-17(11-15,12-18)14-7-5-4-6-8-14/h4-8,15,19-20H,3,9-11,13H2,1-2H3. The van der Waals surface area contributed by atoms with Crippen molar-refractivity contribution in [3.63, 3.8) is 0 Å². The van der Waals surface area contributed by atoms with Gasteiger partial charge in [-0.25, -0.2) is 0 Å². The Morgan fingerprint density at radius 2 is 2.05 bits per heavy atom. The topological polar surface area (TPSA) is 56.0 Å². The van der Waals surface area contributed by atoms with Gasteiger partial charge in [-0.15, -0.1) is 0 Å². The van der Waals surface area contributed by atoms with Crippen LogP contribution in [0.1, 0.15) is 45.1 Å². The van der Waals surface area contributed by atoms with Crippen LogP contribution in [0.4, 0.5) is 0 Å². The Balaban J connectivity index is 1.89. The molecule has 2 rings (SSSR count). The van der Waals surface area contributed by atoms with Crippen LogP contribution in [0.2, 0.25) is 0 Å². The van der Waals surface area contributed by atoms with Gasteiger partial charge in [0.15, 0.2) is 0 Å².